The average molecular weight is 332 g/mol. The number of aliphatic imine (C=N–C) groups is 1. The van der Waals surface area contributed by atoms with Crippen molar-refractivity contribution in [3.63, 3.8) is 0 Å². The van der Waals surface area contributed by atoms with Crippen molar-refractivity contribution in [2.45, 2.75) is 63.7 Å². The van der Waals surface area contributed by atoms with E-state index in [-0.39, 0.29) is 0 Å². The molecular weight excluding hydrogens is 298 g/mol. The van der Waals surface area contributed by atoms with Gasteiger partial charge in [-0.2, -0.15) is 23.5 Å². The lowest BCUT2D eigenvalue weighted by molar-refractivity contribution is 0.419. The number of nitrogens with zero attached hydrogens (tertiary/aromatic N) is 1. The zero-order valence-electron chi connectivity index (χ0n) is 14.0. The van der Waals surface area contributed by atoms with Gasteiger partial charge in [0.2, 0.25) is 0 Å². The Morgan fingerprint density at radius 2 is 2.10 bits per heavy atom. The summed E-state index contributed by atoms with van der Waals surface area (Å²) >= 11 is 4.04. The fourth-order valence-corrected chi connectivity index (χ4v) is 4.39. The van der Waals surface area contributed by atoms with Gasteiger partial charge in [-0.15, -0.1) is 0 Å². The maximum absolute atomic E-state index is 4.73. The van der Waals surface area contributed by atoms with Crippen LogP contribution in [-0.4, -0.2) is 48.1 Å². The third-order valence-corrected chi connectivity index (χ3v) is 5.67. The topological polar surface area (TPSA) is 36.4 Å². The lowest BCUT2D eigenvalue weighted by atomic mass is 9.95. The maximum atomic E-state index is 4.73. The van der Waals surface area contributed by atoms with Crippen molar-refractivity contribution in [3.8, 4) is 0 Å². The predicted octanol–water partition coefficient (Wildman–Crippen LogP) is 3.75. The van der Waals surface area contributed by atoms with Crippen LogP contribution in [-0.2, 0) is 0 Å². The van der Waals surface area contributed by atoms with E-state index in [2.05, 4.69) is 42.5 Å². The highest BCUT2D eigenvalue weighted by molar-refractivity contribution is 7.99. The van der Waals surface area contributed by atoms with Crippen molar-refractivity contribution in [1.82, 2.24) is 10.6 Å². The number of hydrogen-bond acceptors (Lipinski definition) is 3. The molecule has 0 spiro atoms. The molecule has 0 aromatic carbocycles. The first kappa shape index (κ1) is 19.0. The van der Waals surface area contributed by atoms with E-state index in [0.29, 0.717) is 6.04 Å². The van der Waals surface area contributed by atoms with E-state index in [1.807, 2.05) is 11.8 Å². The molecular formula is C16H33N3S2. The van der Waals surface area contributed by atoms with Gasteiger partial charge in [-0.25, -0.2) is 0 Å². The molecule has 3 nitrogen and oxygen atoms in total. The third kappa shape index (κ3) is 8.87. The Bertz CT molecular complexity index is 283. The van der Waals surface area contributed by atoms with E-state index in [1.54, 1.807) is 0 Å². The molecule has 0 aliphatic heterocycles. The number of nitrogens with one attached hydrogen (secondary N) is 2. The van der Waals surface area contributed by atoms with Crippen LogP contribution in [0.1, 0.15) is 52.4 Å². The molecule has 21 heavy (non-hydrogen) atoms. The van der Waals surface area contributed by atoms with Crippen LogP contribution in [0.15, 0.2) is 4.99 Å². The van der Waals surface area contributed by atoms with E-state index in [1.165, 1.54) is 50.0 Å². The highest BCUT2D eigenvalue weighted by Gasteiger charge is 2.22. The normalized spacial score (nSPS) is 23.1. The van der Waals surface area contributed by atoms with Crippen LogP contribution in [0, 0.1) is 0 Å². The summed E-state index contributed by atoms with van der Waals surface area (Å²) in [5.74, 6) is 3.51. The van der Waals surface area contributed by atoms with Gasteiger partial charge in [0, 0.05) is 24.4 Å². The summed E-state index contributed by atoms with van der Waals surface area (Å²) in [6.45, 7) is 6.29. The lowest BCUT2D eigenvalue weighted by Crippen LogP contribution is -2.45. The highest BCUT2D eigenvalue weighted by Crippen LogP contribution is 2.28. The minimum atomic E-state index is 0.604. The van der Waals surface area contributed by atoms with Crippen LogP contribution in [0.5, 0.6) is 0 Å². The quantitative estimate of drug-likeness (QED) is 0.383. The Morgan fingerprint density at radius 3 is 2.81 bits per heavy atom. The minimum absolute atomic E-state index is 0.604. The van der Waals surface area contributed by atoms with E-state index in [9.17, 15) is 0 Å². The van der Waals surface area contributed by atoms with Gasteiger partial charge in [0.1, 0.15) is 0 Å². The first-order valence-electron chi connectivity index (χ1n) is 8.45. The molecule has 2 N–H and O–H groups in total. The van der Waals surface area contributed by atoms with Gasteiger partial charge < -0.3 is 10.6 Å². The summed E-state index contributed by atoms with van der Waals surface area (Å²) < 4.78 is 0. The van der Waals surface area contributed by atoms with Gasteiger partial charge in [0.15, 0.2) is 5.96 Å². The van der Waals surface area contributed by atoms with Crippen molar-refractivity contribution in [3.05, 3.63) is 0 Å². The highest BCUT2D eigenvalue weighted by atomic mass is 32.2. The minimum Gasteiger partial charge on any atom is -0.357 e. The van der Waals surface area contributed by atoms with Gasteiger partial charge in [0.05, 0.1) is 0 Å². The zero-order valence-corrected chi connectivity index (χ0v) is 15.6. The number of thioether (sulfide) groups is 2. The van der Waals surface area contributed by atoms with E-state index >= 15 is 0 Å². The fourth-order valence-electron chi connectivity index (χ4n) is 2.73. The Morgan fingerprint density at radius 1 is 1.24 bits per heavy atom. The van der Waals surface area contributed by atoms with Gasteiger partial charge in [0.25, 0.3) is 0 Å². The second-order valence-electron chi connectivity index (χ2n) is 5.55. The van der Waals surface area contributed by atoms with E-state index in [4.69, 9.17) is 4.99 Å². The molecule has 0 heterocycles. The maximum Gasteiger partial charge on any atom is 0.191 e. The second-order valence-corrected chi connectivity index (χ2v) is 8.11. The number of rotatable bonds is 9. The van der Waals surface area contributed by atoms with Crippen molar-refractivity contribution in [2.75, 3.05) is 30.9 Å². The smallest absolute Gasteiger partial charge is 0.191 e. The average Bonchev–Trinajstić information content (AvgIpc) is 2.48. The molecule has 1 saturated carbocycles. The summed E-state index contributed by atoms with van der Waals surface area (Å²) in [7, 11) is 0. The summed E-state index contributed by atoms with van der Waals surface area (Å²) in [5, 5.41) is 7.89. The molecule has 1 rings (SSSR count). The summed E-state index contributed by atoms with van der Waals surface area (Å²) in [4.78, 5) is 4.73. The fraction of sp³-hybridized carbons (Fsp3) is 0.938. The lowest BCUT2D eigenvalue weighted by Gasteiger charge is -2.30. The van der Waals surface area contributed by atoms with Crippen LogP contribution < -0.4 is 10.6 Å². The summed E-state index contributed by atoms with van der Waals surface area (Å²) in [6.07, 6.45) is 9.94. The Labute approximate surface area is 139 Å². The first-order valence-corrected chi connectivity index (χ1v) is 10.9. The number of unbranched alkanes of at least 4 members (excludes halogenated alkanes) is 1. The molecule has 2 unspecified atom stereocenters. The molecule has 0 radical (unpaired) electrons. The SMILES string of the molecule is CCNC(=NCCCCSC)NC1CCCC(SCC)C1. The second kappa shape index (κ2) is 12.5. The molecule has 0 bridgehead atoms. The summed E-state index contributed by atoms with van der Waals surface area (Å²) in [5.41, 5.74) is 0. The molecule has 5 heteroatoms. The van der Waals surface area contributed by atoms with Gasteiger partial charge >= 0.3 is 0 Å². The Balaban J connectivity index is 2.35. The van der Waals surface area contributed by atoms with Crippen LogP contribution >= 0.6 is 23.5 Å². The van der Waals surface area contributed by atoms with Crippen LogP contribution in [0.4, 0.5) is 0 Å². The van der Waals surface area contributed by atoms with Crippen LogP contribution in [0.2, 0.25) is 0 Å². The standard InChI is InChI=1S/C16H33N3S2/c1-4-17-16(18-11-6-7-12-20-3)19-14-9-8-10-15(13-14)21-5-2/h14-15H,4-13H2,1-3H3,(H2,17,18,19). The van der Waals surface area contributed by atoms with Crippen molar-refractivity contribution >= 4 is 29.5 Å². The molecule has 0 amide bonds. The monoisotopic (exact) mass is 331 g/mol. The van der Waals surface area contributed by atoms with Gasteiger partial charge in [-0.05, 0) is 56.8 Å². The molecule has 2 atom stereocenters. The van der Waals surface area contributed by atoms with Crippen LogP contribution in [0.25, 0.3) is 0 Å². The van der Waals surface area contributed by atoms with E-state index < -0.39 is 0 Å². The third-order valence-electron chi connectivity index (χ3n) is 3.74. The predicted molar refractivity (Wildman–Crippen MR) is 101 cm³/mol. The largest absolute Gasteiger partial charge is 0.357 e. The summed E-state index contributed by atoms with van der Waals surface area (Å²) in [6, 6.07) is 0.604. The molecule has 0 aromatic rings. The molecule has 1 aliphatic rings. The first-order chi connectivity index (χ1) is 10.3. The van der Waals surface area contributed by atoms with Gasteiger partial charge in [-0.3, -0.25) is 4.99 Å². The Hall–Kier alpha value is -0.0300. The Kier molecular flexibility index (Phi) is 11.3. The molecule has 124 valence electrons. The number of hydrogen-bond donors (Lipinski definition) is 2. The van der Waals surface area contributed by atoms with Crippen LogP contribution in [0.3, 0.4) is 0 Å². The van der Waals surface area contributed by atoms with Crippen molar-refractivity contribution in [1.29, 1.82) is 0 Å². The molecule has 1 fully saturated rings. The van der Waals surface area contributed by atoms with E-state index in [0.717, 1.165) is 24.3 Å². The van der Waals surface area contributed by atoms with Crippen molar-refractivity contribution in [2.24, 2.45) is 4.99 Å². The molecule has 0 saturated heterocycles. The molecule has 1 aliphatic carbocycles. The van der Waals surface area contributed by atoms with Crippen molar-refractivity contribution < 1.29 is 0 Å². The number of guanidine groups is 1. The molecule has 0 aromatic heterocycles. The zero-order chi connectivity index (χ0) is 15.3. The van der Waals surface area contributed by atoms with Gasteiger partial charge in [-0.1, -0.05) is 13.3 Å².